The molecule has 0 aliphatic heterocycles. The number of carbonyl (C=O) groups excluding carboxylic acids is 1. The summed E-state index contributed by atoms with van der Waals surface area (Å²) in [6.07, 6.45) is 0.294. The van der Waals surface area contributed by atoms with Gasteiger partial charge in [0.15, 0.2) is 0 Å². The number of ether oxygens (including phenoxy) is 1. The van der Waals surface area contributed by atoms with E-state index in [0.717, 1.165) is 6.07 Å². The van der Waals surface area contributed by atoms with E-state index in [4.69, 9.17) is 4.74 Å². The van der Waals surface area contributed by atoms with Crippen molar-refractivity contribution in [3.63, 3.8) is 0 Å². The molecule has 4 nitrogen and oxygen atoms in total. The predicted molar refractivity (Wildman–Crippen MR) is 70.5 cm³/mol. The van der Waals surface area contributed by atoms with Gasteiger partial charge in [-0.1, -0.05) is 6.07 Å². The minimum atomic E-state index is -1.21. The van der Waals surface area contributed by atoms with Gasteiger partial charge in [0.2, 0.25) is 0 Å². The average Bonchev–Trinajstić information content (AvgIpc) is 2.39. The number of amides is 1. The van der Waals surface area contributed by atoms with E-state index in [-0.39, 0.29) is 12.1 Å². The largest absolute Gasteiger partial charge is 0.388 e. The number of hydrogen-bond donors (Lipinski definition) is 2. The molecule has 1 aromatic rings. The van der Waals surface area contributed by atoms with Crippen molar-refractivity contribution in [2.75, 3.05) is 20.3 Å². The third-order valence-corrected chi connectivity index (χ3v) is 2.99. The van der Waals surface area contributed by atoms with Crippen LogP contribution in [0.25, 0.3) is 0 Å². The minimum absolute atomic E-state index is 0.123. The molecule has 20 heavy (non-hydrogen) atoms. The summed E-state index contributed by atoms with van der Waals surface area (Å²) in [5, 5.41) is 12.3. The Morgan fingerprint density at radius 1 is 1.45 bits per heavy atom. The van der Waals surface area contributed by atoms with Gasteiger partial charge in [0.1, 0.15) is 17.2 Å². The molecule has 0 radical (unpaired) electrons. The molecule has 1 rings (SSSR count). The third-order valence-electron chi connectivity index (χ3n) is 2.99. The fourth-order valence-corrected chi connectivity index (χ4v) is 1.63. The van der Waals surface area contributed by atoms with Gasteiger partial charge in [-0.2, -0.15) is 0 Å². The van der Waals surface area contributed by atoms with Crippen LogP contribution < -0.4 is 5.32 Å². The van der Waals surface area contributed by atoms with Crippen LogP contribution >= 0.6 is 0 Å². The van der Waals surface area contributed by atoms with Gasteiger partial charge in [0, 0.05) is 26.7 Å². The van der Waals surface area contributed by atoms with Crippen LogP contribution in [-0.2, 0) is 4.74 Å². The monoisotopic (exact) mass is 287 g/mol. The lowest BCUT2D eigenvalue weighted by atomic mass is 10.0. The Labute approximate surface area is 116 Å². The van der Waals surface area contributed by atoms with E-state index in [9.17, 15) is 18.7 Å². The Kier molecular flexibility index (Phi) is 5.59. The molecular formula is C14H19F2NO3. The van der Waals surface area contributed by atoms with E-state index >= 15 is 0 Å². The van der Waals surface area contributed by atoms with Crippen molar-refractivity contribution in [2.24, 2.45) is 0 Å². The first-order chi connectivity index (χ1) is 9.28. The lowest BCUT2D eigenvalue weighted by Crippen LogP contribution is -2.41. The first-order valence-corrected chi connectivity index (χ1v) is 6.22. The Balaban J connectivity index is 2.75. The van der Waals surface area contributed by atoms with Crippen LogP contribution in [0.1, 0.15) is 29.3 Å². The fraction of sp³-hybridized carbons (Fsp3) is 0.500. The number of methoxy groups -OCH3 is 1. The maximum absolute atomic E-state index is 13.8. The maximum atomic E-state index is 13.8. The smallest absolute Gasteiger partial charge is 0.257 e. The van der Waals surface area contributed by atoms with E-state index in [1.54, 1.807) is 0 Å². The number of rotatable bonds is 6. The van der Waals surface area contributed by atoms with Gasteiger partial charge in [0.25, 0.3) is 5.91 Å². The summed E-state index contributed by atoms with van der Waals surface area (Å²) in [6.45, 7) is 3.15. The van der Waals surface area contributed by atoms with Gasteiger partial charge in [-0.05, 0) is 25.5 Å². The van der Waals surface area contributed by atoms with E-state index < -0.39 is 28.7 Å². The highest BCUT2D eigenvalue weighted by Gasteiger charge is 2.24. The Hall–Kier alpha value is -1.53. The lowest BCUT2D eigenvalue weighted by molar-refractivity contribution is 0.0242. The van der Waals surface area contributed by atoms with Crippen molar-refractivity contribution in [2.45, 2.75) is 25.9 Å². The summed E-state index contributed by atoms with van der Waals surface area (Å²) in [5.41, 5.74) is -1.65. The fourth-order valence-electron chi connectivity index (χ4n) is 1.63. The van der Waals surface area contributed by atoms with E-state index in [1.807, 2.05) is 0 Å². The molecule has 6 heteroatoms. The molecular weight excluding hydrogens is 268 g/mol. The Morgan fingerprint density at radius 2 is 2.10 bits per heavy atom. The second-order valence-corrected chi connectivity index (χ2v) is 4.98. The quantitative estimate of drug-likeness (QED) is 0.838. The van der Waals surface area contributed by atoms with E-state index in [0.29, 0.717) is 13.0 Å². The summed E-state index contributed by atoms with van der Waals surface area (Å²) in [6, 6.07) is 2.30. The predicted octanol–water partition coefficient (Wildman–Crippen LogP) is 1.79. The lowest BCUT2D eigenvalue weighted by Gasteiger charge is -2.23. The van der Waals surface area contributed by atoms with Gasteiger partial charge in [-0.15, -0.1) is 0 Å². The molecule has 0 saturated heterocycles. The minimum Gasteiger partial charge on any atom is -0.388 e. The van der Waals surface area contributed by atoms with Gasteiger partial charge in [-0.3, -0.25) is 4.79 Å². The van der Waals surface area contributed by atoms with E-state index in [1.165, 1.54) is 27.0 Å². The highest BCUT2D eigenvalue weighted by atomic mass is 19.1. The van der Waals surface area contributed by atoms with Crippen molar-refractivity contribution in [1.82, 2.24) is 5.32 Å². The number of aliphatic hydroxyl groups is 1. The van der Waals surface area contributed by atoms with Gasteiger partial charge < -0.3 is 15.2 Å². The Bertz CT molecular complexity index is 490. The number of nitrogens with one attached hydrogen (secondary N) is 1. The van der Waals surface area contributed by atoms with Crippen molar-refractivity contribution in [3.05, 3.63) is 34.9 Å². The number of halogens is 2. The molecule has 112 valence electrons. The van der Waals surface area contributed by atoms with Crippen LogP contribution in [0.2, 0.25) is 0 Å². The van der Waals surface area contributed by atoms with Gasteiger partial charge >= 0.3 is 0 Å². The van der Waals surface area contributed by atoms with Gasteiger partial charge in [-0.25, -0.2) is 8.78 Å². The molecule has 0 aliphatic rings. The number of aryl methyl sites for hydroxylation is 1. The number of carbonyl (C=O) groups is 1. The van der Waals surface area contributed by atoms with Crippen molar-refractivity contribution < 1.29 is 23.4 Å². The summed E-state index contributed by atoms with van der Waals surface area (Å²) >= 11 is 0. The highest BCUT2D eigenvalue weighted by molar-refractivity contribution is 5.95. The van der Waals surface area contributed by atoms with Crippen LogP contribution in [0.5, 0.6) is 0 Å². The molecule has 2 N–H and O–H groups in total. The maximum Gasteiger partial charge on any atom is 0.257 e. The van der Waals surface area contributed by atoms with E-state index in [2.05, 4.69) is 5.32 Å². The average molecular weight is 287 g/mol. The summed E-state index contributed by atoms with van der Waals surface area (Å²) in [7, 11) is 1.49. The zero-order valence-corrected chi connectivity index (χ0v) is 11.8. The molecule has 0 fully saturated rings. The van der Waals surface area contributed by atoms with Crippen LogP contribution in [0, 0.1) is 18.6 Å². The normalized spacial score (nSPS) is 13.9. The summed E-state index contributed by atoms with van der Waals surface area (Å²) in [5.74, 6) is -2.71. The van der Waals surface area contributed by atoms with Gasteiger partial charge in [0.05, 0.1) is 5.60 Å². The molecule has 1 amide bonds. The van der Waals surface area contributed by atoms with Crippen LogP contribution in [0.15, 0.2) is 12.1 Å². The number of hydrogen-bond acceptors (Lipinski definition) is 3. The van der Waals surface area contributed by atoms with Crippen LogP contribution in [0.4, 0.5) is 8.78 Å². The van der Waals surface area contributed by atoms with Crippen molar-refractivity contribution >= 4 is 5.91 Å². The second-order valence-electron chi connectivity index (χ2n) is 4.98. The topological polar surface area (TPSA) is 58.6 Å². The standard InChI is InChI=1S/C14H19F2NO3/c1-9-4-5-10(15)11(12(9)16)13(18)17-8-14(2,19)6-7-20-3/h4-5,19H,6-8H2,1-3H3,(H,17,18). The molecule has 0 aliphatic carbocycles. The van der Waals surface area contributed by atoms with Crippen molar-refractivity contribution in [1.29, 1.82) is 0 Å². The summed E-state index contributed by atoms with van der Waals surface area (Å²) < 4.78 is 32.1. The third kappa shape index (κ3) is 4.25. The molecule has 1 aromatic carbocycles. The molecule has 0 aromatic heterocycles. The molecule has 1 atom stereocenters. The molecule has 0 heterocycles. The highest BCUT2D eigenvalue weighted by Crippen LogP contribution is 2.16. The Morgan fingerprint density at radius 3 is 2.70 bits per heavy atom. The zero-order chi connectivity index (χ0) is 15.3. The summed E-state index contributed by atoms with van der Waals surface area (Å²) in [4.78, 5) is 11.8. The second kappa shape index (κ2) is 6.76. The SMILES string of the molecule is COCCC(C)(O)CNC(=O)c1c(F)ccc(C)c1F. The number of benzene rings is 1. The first-order valence-electron chi connectivity index (χ1n) is 6.22. The van der Waals surface area contributed by atoms with Crippen LogP contribution in [0.3, 0.4) is 0 Å². The molecule has 0 saturated carbocycles. The molecule has 1 unspecified atom stereocenters. The zero-order valence-electron chi connectivity index (χ0n) is 11.8. The van der Waals surface area contributed by atoms with Crippen LogP contribution in [-0.4, -0.2) is 36.9 Å². The first kappa shape index (κ1) is 16.5. The molecule has 0 bridgehead atoms. The molecule has 0 spiro atoms. The van der Waals surface area contributed by atoms with Crippen molar-refractivity contribution in [3.8, 4) is 0 Å².